The quantitative estimate of drug-likeness (QED) is 0.0794. The molecule has 0 aliphatic carbocycles. The van der Waals surface area contributed by atoms with E-state index >= 15 is 0 Å². The minimum atomic E-state index is -0.567. The zero-order valence-electron chi connectivity index (χ0n) is 24.4. The number of hydrogen-bond donors (Lipinski definition) is 4. The highest BCUT2D eigenvalue weighted by atomic mass is 35.5. The van der Waals surface area contributed by atoms with E-state index in [9.17, 15) is 9.59 Å². The summed E-state index contributed by atoms with van der Waals surface area (Å²) in [5, 5.41) is 9.09. The molecule has 0 bridgehead atoms. The standard InChI is InChI=1S/C29H57ClN6O2/c1-3-4-5-6-7-8-9-10-11-12-13-14-15-16-17-18-28(37)34-27(19-20-33-30)29(38)32-26-36-23-21-35(22-24-36)25-31-2/h10-11,27,31,33H,3-9,12-26H2,1-2H3,(H,32,38)(H,34,37)/b11-10-/t27-/m0/s1. The van der Waals surface area contributed by atoms with Crippen LogP contribution in [0.1, 0.15) is 103 Å². The summed E-state index contributed by atoms with van der Waals surface area (Å²) in [6.07, 6.45) is 21.6. The topological polar surface area (TPSA) is 88.7 Å². The first-order valence-electron chi connectivity index (χ1n) is 15.3. The van der Waals surface area contributed by atoms with E-state index in [0.29, 0.717) is 26.1 Å². The van der Waals surface area contributed by atoms with Gasteiger partial charge in [0.1, 0.15) is 6.04 Å². The Morgan fingerprint density at radius 3 is 1.95 bits per heavy atom. The Balaban J connectivity index is 2.11. The first kappa shape index (κ1) is 34.8. The Kier molecular flexibility index (Phi) is 22.8. The average molecular weight is 557 g/mol. The molecule has 0 saturated carbocycles. The number of carbonyl (C=O) groups is 2. The van der Waals surface area contributed by atoms with Crippen LogP contribution in [0.15, 0.2) is 12.2 Å². The normalized spacial score (nSPS) is 15.7. The van der Waals surface area contributed by atoms with Gasteiger partial charge in [0.05, 0.1) is 6.67 Å². The molecule has 1 atom stereocenters. The molecule has 1 aliphatic rings. The van der Waals surface area contributed by atoms with E-state index in [1.807, 2.05) is 7.05 Å². The number of nitrogens with one attached hydrogen (secondary N) is 4. The molecule has 1 aliphatic heterocycles. The molecule has 38 heavy (non-hydrogen) atoms. The van der Waals surface area contributed by atoms with E-state index in [-0.39, 0.29) is 11.8 Å². The van der Waals surface area contributed by atoms with Crippen LogP contribution in [0.5, 0.6) is 0 Å². The minimum Gasteiger partial charge on any atom is -0.344 e. The molecule has 0 unspecified atom stereocenters. The fourth-order valence-electron chi connectivity index (χ4n) is 4.73. The Hall–Kier alpha value is -1.19. The molecule has 2 amide bonds. The number of halogens is 1. The molecule has 1 saturated heterocycles. The summed E-state index contributed by atoms with van der Waals surface area (Å²) in [4.78, 5) is 32.4. The van der Waals surface area contributed by atoms with Crippen LogP contribution in [-0.2, 0) is 9.59 Å². The van der Waals surface area contributed by atoms with Gasteiger partial charge in [0.15, 0.2) is 0 Å². The number of amides is 2. The number of piperazine rings is 1. The maximum atomic E-state index is 12.8. The van der Waals surface area contributed by atoms with Crippen LogP contribution in [-0.4, -0.2) is 80.8 Å². The monoisotopic (exact) mass is 556 g/mol. The minimum absolute atomic E-state index is 0.0574. The highest BCUT2D eigenvalue weighted by Gasteiger charge is 2.22. The summed E-state index contributed by atoms with van der Waals surface area (Å²) < 4.78 is 0. The van der Waals surface area contributed by atoms with Crippen molar-refractivity contribution in [1.82, 2.24) is 30.6 Å². The number of hydrogen-bond acceptors (Lipinski definition) is 6. The van der Waals surface area contributed by atoms with Crippen LogP contribution in [0.25, 0.3) is 0 Å². The van der Waals surface area contributed by atoms with Crippen molar-refractivity contribution in [2.45, 2.75) is 109 Å². The number of carbonyl (C=O) groups excluding carboxylic acids is 2. The smallest absolute Gasteiger partial charge is 0.243 e. The summed E-state index contributed by atoms with van der Waals surface area (Å²) >= 11 is 5.62. The number of rotatable bonds is 24. The molecule has 9 heteroatoms. The maximum Gasteiger partial charge on any atom is 0.243 e. The van der Waals surface area contributed by atoms with Crippen molar-refractivity contribution in [2.24, 2.45) is 0 Å². The summed E-state index contributed by atoms with van der Waals surface area (Å²) in [5.74, 6) is -0.203. The fraction of sp³-hybridized carbons (Fsp3) is 0.862. The fourth-order valence-corrected chi connectivity index (χ4v) is 4.84. The van der Waals surface area contributed by atoms with Gasteiger partial charge < -0.3 is 16.0 Å². The third kappa shape index (κ3) is 19.0. The lowest BCUT2D eigenvalue weighted by Gasteiger charge is -2.34. The van der Waals surface area contributed by atoms with Crippen molar-refractivity contribution in [3.8, 4) is 0 Å². The third-order valence-corrected chi connectivity index (χ3v) is 7.36. The Labute approximate surface area is 238 Å². The number of allylic oxidation sites excluding steroid dienone is 2. The van der Waals surface area contributed by atoms with Crippen molar-refractivity contribution in [3.63, 3.8) is 0 Å². The number of nitrogens with zero attached hydrogens (tertiary/aromatic N) is 2. The number of unbranched alkanes of at least 4 members (excludes halogenated alkanes) is 11. The van der Waals surface area contributed by atoms with E-state index in [2.05, 4.69) is 49.7 Å². The Morgan fingerprint density at radius 2 is 1.37 bits per heavy atom. The van der Waals surface area contributed by atoms with Crippen molar-refractivity contribution in [3.05, 3.63) is 12.2 Å². The molecule has 0 aromatic carbocycles. The van der Waals surface area contributed by atoms with Gasteiger partial charge in [-0.15, -0.1) is 0 Å². The second kappa shape index (κ2) is 24.8. The largest absolute Gasteiger partial charge is 0.344 e. The van der Waals surface area contributed by atoms with Gasteiger partial charge in [0.2, 0.25) is 11.8 Å². The molecular formula is C29H57ClN6O2. The third-order valence-electron chi connectivity index (χ3n) is 7.17. The predicted octanol–water partition coefficient (Wildman–Crippen LogP) is 4.51. The summed E-state index contributed by atoms with van der Waals surface area (Å²) in [7, 11) is 1.95. The van der Waals surface area contributed by atoms with Crippen LogP contribution >= 0.6 is 11.8 Å². The van der Waals surface area contributed by atoms with Gasteiger partial charge in [-0.1, -0.05) is 70.4 Å². The molecule has 1 fully saturated rings. The van der Waals surface area contributed by atoms with E-state index in [0.717, 1.165) is 58.5 Å². The molecule has 4 N–H and O–H groups in total. The molecule has 1 heterocycles. The predicted molar refractivity (Wildman–Crippen MR) is 160 cm³/mol. The Bertz CT molecular complexity index is 614. The van der Waals surface area contributed by atoms with Crippen LogP contribution in [0.2, 0.25) is 0 Å². The SMILES string of the molecule is CCCCCCCC/C=C\CCCCCCCC(=O)N[C@@H](CCNCl)C(=O)NCN1CCN(CNC)CC1. The van der Waals surface area contributed by atoms with Gasteiger partial charge in [-0.05, 0) is 57.3 Å². The molecule has 8 nitrogen and oxygen atoms in total. The summed E-state index contributed by atoms with van der Waals surface area (Å²) in [5.41, 5.74) is 0. The van der Waals surface area contributed by atoms with E-state index < -0.39 is 6.04 Å². The van der Waals surface area contributed by atoms with E-state index in [1.54, 1.807) is 0 Å². The van der Waals surface area contributed by atoms with Gasteiger partial charge in [0.25, 0.3) is 0 Å². The first-order chi connectivity index (χ1) is 18.6. The van der Waals surface area contributed by atoms with Crippen LogP contribution in [0, 0.1) is 0 Å². The van der Waals surface area contributed by atoms with E-state index in [1.165, 1.54) is 57.8 Å². The van der Waals surface area contributed by atoms with Gasteiger partial charge in [-0.25, -0.2) is 4.84 Å². The van der Waals surface area contributed by atoms with E-state index in [4.69, 9.17) is 11.8 Å². The second-order valence-electron chi connectivity index (χ2n) is 10.6. The highest BCUT2D eigenvalue weighted by molar-refractivity contribution is 6.13. The first-order valence-corrected chi connectivity index (χ1v) is 15.6. The highest BCUT2D eigenvalue weighted by Crippen LogP contribution is 2.10. The van der Waals surface area contributed by atoms with Crippen molar-refractivity contribution >= 4 is 23.6 Å². The van der Waals surface area contributed by atoms with Gasteiger partial charge in [0, 0.05) is 45.8 Å². The van der Waals surface area contributed by atoms with Crippen LogP contribution < -0.4 is 20.8 Å². The second-order valence-corrected chi connectivity index (χ2v) is 10.8. The molecule has 0 spiro atoms. The lowest BCUT2D eigenvalue weighted by Crippen LogP contribution is -2.54. The average Bonchev–Trinajstić information content (AvgIpc) is 2.92. The zero-order valence-corrected chi connectivity index (χ0v) is 25.1. The maximum absolute atomic E-state index is 12.8. The zero-order chi connectivity index (χ0) is 27.7. The molecule has 1 rings (SSSR count). The van der Waals surface area contributed by atoms with Gasteiger partial charge in [-0.3, -0.25) is 19.4 Å². The lowest BCUT2D eigenvalue weighted by molar-refractivity contribution is -0.129. The Morgan fingerprint density at radius 1 is 0.816 bits per heavy atom. The molecule has 0 radical (unpaired) electrons. The summed E-state index contributed by atoms with van der Waals surface area (Å²) in [6, 6.07) is -0.567. The lowest BCUT2D eigenvalue weighted by atomic mass is 10.1. The molecule has 222 valence electrons. The molecule has 0 aromatic rings. The van der Waals surface area contributed by atoms with Crippen molar-refractivity contribution < 1.29 is 9.59 Å². The van der Waals surface area contributed by atoms with Gasteiger partial charge in [-0.2, -0.15) is 0 Å². The van der Waals surface area contributed by atoms with Crippen LogP contribution in [0.4, 0.5) is 0 Å². The van der Waals surface area contributed by atoms with Crippen molar-refractivity contribution in [1.29, 1.82) is 0 Å². The molecule has 0 aromatic heterocycles. The van der Waals surface area contributed by atoms with Crippen LogP contribution in [0.3, 0.4) is 0 Å². The molecular weight excluding hydrogens is 500 g/mol. The summed E-state index contributed by atoms with van der Waals surface area (Å²) in [6.45, 7) is 7.88. The van der Waals surface area contributed by atoms with Gasteiger partial charge >= 0.3 is 0 Å². The van der Waals surface area contributed by atoms with Crippen molar-refractivity contribution in [2.75, 3.05) is 53.1 Å².